The quantitative estimate of drug-likeness (QED) is 0.140. The summed E-state index contributed by atoms with van der Waals surface area (Å²) >= 11 is 0. The number of pyridine rings is 2. The van der Waals surface area contributed by atoms with Crippen LogP contribution in [0, 0.1) is 27.7 Å². The van der Waals surface area contributed by atoms with Gasteiger partial charge in [0.25, 0.3) is 0 Å². The van der Waals surface area contributed by atoms with Gasteiger partial charge in [0, 0.05) is 73.5 Å². The van der Waals surface area contributed by atoms with Crippen LogP contribution < -0.4 is 10.2 Å². The molecule has 8 aromatic rings. The summed E-state index contributed by atoms with van der Waals surface area (Å²) in [5.74, 6) is 0.855. The van der Waals surface area contributed by atoms with E-state index in [0.717, 1.165) is 104 Å². The van der Waals surface area contributed by atoms with E-state index in [-0.39, 0.29) is 17.6 Å². The molecule has 0 saturated heterocycles. The van der Waals surface area contributed by atoms with Gasteiger partial charge in [-0.25, -0.2) is 14.3 Å². The number of nitrogens with one attached hydrogen (secondary N) is 1. The van der Waals surface area contributed by atoms with E-state index in [1.165, 1.54) is 0 Å². The van der Waals surface area contributed by atoms with Crippen molar-refractivity contribution in [3.63, 3.8) is 0 Å². The van der Waals surface area contributed by atoms with Crippen LogP contribution in [0.4, 0.5) is 0 Å². The molecule has 0 aliphatic heterocycles. The molecule has 0 saturated carbocycles. The van der Waals surface area contributed by atoms with Gasteiger partial charge in [0.05, 0.1) is 29.1 Å². The van der Waals surface area contributed by atoms with Crippen LogP contribution in [-0.4, -0.2) is 66.4 Å². The number of aliphatic hydroxyl groups is 1. The fraction of sp³-hybridized carbons (Fsp3) is 0.348. The molecule has 8 rings (SSSR count). The molecule has 0 atom stereocenters. The summed E-state index contributed by atoms with van der Waals surface area (Å²) < 4.78 is 13.5. The van der Waals surface area contributed by atoms with Crippen LogP contribution in [0.3, 0.4) is 0 Å². The highest BCUT2D eigenvalue weighted by Crippen LogP contribution is 2.35. The maximum absolute atomic E-state index is 12.3. The number of aromatic amines is 1. The summed E-state index contributed by atoms with van der Waals surface area (Å²) in [4.78, 5) is 20.4. The molecular formula is C46H56N10O3. The molecule has 13 nitrogen and oxygen atoms in total. The zero-order valence-electron chi connectivity index (χ0n) is 35.9. The second-order valence-electron chi connectivity index (χ2n) is 14.9. The Kier molecular flexibility index (Phi) is 13.3. The van der Waals surface area contributed by atoms with E-state index < -0.39 is 0 Å². The third-order valence-electron chi connectivity index (χ3n) is 10.4. The second kappa shape index (κ2) is 18.5. The van der Waals surface area contributed by atoms with E-state index in [1.54, 1.807) is 30.2 Å². The van der Waals surface area contributed by atoms with Crippen molar-refractivity contribution in [1.82, 2.24) is 49.1 Å². The van der Waals surface area contributed by atoms with Crippen molar-refractivity contribution in [2.24, 2.45) is 14.1 Å². The first-order valence-corrected chi connectivity index (χ1v) is 20.3. The van der Waals surface area contributed by atoms with Crippen LogP contribution in [-0.2, 0) is 14.1 Å². The van der Waals surface area contributed by atoms with Gasteiger partial charge >= 0.3 is 0 Å². The van der Waals surface area contributed by atoms with Crippen LogP contribution in [0.1, 0.15) is 75.9 Å². The molecule has 0 aliphatic carbocycles. The maximum Gasteiger partial charge on any atom is 0.207 e. The van der Waals surface area contributed by atoms with Crippen molar-refractivity contribution in [3.8, 4) is 39.6 Å². The average molecular weight is 797 g/mol. The highest BCUT2D eigenvalue weighted by Gasteiger charge is 2.21. The first-order valence-electron chi connectivity index (χ1n) is 20.3. The molecule has 308 valence electrons. The fourth-order valence-electron chi connectivity index (χ4n) is 7.12. The molecule has 0 aliphatic rings. The molecule has 0 unspecified atom stereocenters. The Hall–Kier alpha value is -6.34. The number of hydrogen-bond donors (Lipinski definition) is 2. The smallest absolute Gasteiger partial charge is 0.207 e. The number of rotatable bonds is 10. The SMILES string of the molecule is CCC(CC)Oc1cc(C)nc2c(-c3ccc(-n4cccn4)cc3C)nn(C)c12.CCC(O)CC.Cc1cc(=O)c2c([nH]1)c(-c1ccc(-n3cccn3)cc1C)nn2C. The van der Waals surface area contributed by atoms with Crippen molar-refractivity contribution in [1.29, 1.82) is 0 Å². The zero-order valence-corrected chi connectivity index (χ0v) is 35.9. The van der Waals surface area contributed by atoms with E-state index in [4.69, 9.17) is 19.9 Å². The van der Waals surface area contributed by atoms with Gasteiger partial charge < -0.3 is 14.8 Å². The number of aryl methyl sites for hydroxylation is 6. The molecular weight excluding hydrogens is 741 g/mol. The number of aliphatic hydroxyl groups excluding tert-OH is 1. The van der Waals surface area contributed by atoms with E-state index in [0.29, 0.717) is 5.52 Å². The predicted molar refractivity (Wildman–Crippen MR) is 235 cm³/mol. The molecule has 0 radical (unpaired) electrons. The van der Waals surface area contributed by atoms with E-state index >= 15 is 0 Å². The summed E-state index contributed by atoms with van der Waals surface area (Å²) in [6, 6.07) is 19.8. The van der Waals surface area contributed by atoms with Gasteiger partial charge in [0.2, 0.25) is 5.43 Å². The highest BCUT2D eigenvalue weighted by molar-refractivity contribution is 5.94. The van der Waals surface area contributed by atoms with Gasteiger partial charge in [-0.1, -0.05) is 39.8 Å². The van der Waals surface area contributed by atoms with Crippen molar-refractivity contribution in [3.05, 3.63) is 118 Å². The molecule has 13 heteroatoms. The fourth-order valence-corrected chi connectivity index (χ4v) is 7.12. The topological polar surface area (TPSA) is 146 Å². The minimum atomic E-state index is -0.0648. The number of fused-ring (bicyclic) bond motifs is 2. The Labute approximate surface area is 345 Å². The van der Waals surface area contributed by atoms with Gasteiger partial charge in [-0.15, -0.1) is 0 Å². The van der Waals surface area contributed by atoms with Crippen LogP contribution in [0.15, 0.2) is 90.2 Å². The Bertz CT molecular complexity index is 2700. The lowest BCUT2D eigenvalue weighted by Gasteiger charge is -2.17. The van der Waals surface area contributed by atoms with E-state index in [2.05, 4.69) is 65.3 Å². The van der Waals surface area contributed by atoms with Gasteiger partial charge in [0.15, 0.2) is 0 Å². The Morgan fingerprint density at radius 2 is 1.25 bits per heavy atom. The van der Waals surface area contributed by atoms with E-state index in [9.17, 15) is 4.79 Å². The van der Waals surface area contributed by atoms with Gasteiger partial charge in [-0.2, -0.15) is 20.4 Å². The van der Waals surface area contributed by atoms with Crippen LogP contribution in [0.5, 0.6) is 5.75 Å². The highest BCUT2D eigenvalue weighted by atomic mass is 16.5. The number of ether oxygens (including phenoxy) is 1. The number of benzene rings is 2. The zero-order chi connectivity index (χ0) is 42.4. The molecule has 0 spiro atoms. The number of hydrogen-bond acceptors (Lipinski definition) is 8. The van der Waals surface area contributed by atoms with Gasteiger partial charge in [-0.05, 0) is 101 Å². The van der Waals surface area contributed by atoms with Crippen LogP contribution in [0.25, 0.3) is 56.0 Å². The number of H-pyrrole nitrogens is 1. The Balaban J connectivity index is 0.000000177. The largest absolute Gasteiger partial charge is 0.488 e. The summed E-state index contributed by atoms with van der Waals surface area (Å²) in [6.45, 7) is 16.3. The minimum absolute atomic E-state index is 0.0201. The van der Waals surface area contributed by atoms with E-state index in [1.807, 2.05) is 98.4 Å². The first kappa shape index (κ1) is 42.3. The maximum atomic E-state index is 12.3. The van der Waals surface area contributed by atoms with Crippen molar-refractivity contribution >= 4 is 22.1 Å². The second-order valence-corrected chi connectivity index (χ2v) is 14.9. The Morgan fingerprint density at radius 1 is 0.712 bits per heavy atom. The van der Waals surface area contributed by atoms with Crippen LogP contribution >= 0.6 is 0 Å². The Morgan fingerprint density at radius 3 is 1.75 bits per heavy atom. The molecule has 59 heavy (non-hydrogen) atoms. The average Bonchev–Trinajstić information content (AvgIpc) is 4.05. The lowest BCUT2D eigenvalue weighted by atomic mass is 10.0. The molecule has 6 aromatic heterocycles. The monoisotopic (exact) mass is 796 g/mol. The third-order valence-corrected chi connectivity index (χ3v) is 10.4. The third kappa shape index (κ3) is 9.20. The van der Waals surface area contributed by atoms with Crippen molar-refractivity contribution in [2.75, 3.05) is 0 Å². The normalized spacial score (nSPS) is 11.3. The number of nitrogens with zero attached hydrogens (tertiary/aromatic N) is 9. The van der Waals surface area contributed by atoms with Gasteiger partial charge in [0.1, 0.15) is 33.7 Å². The summed E-state index contributed by atoms with van der Waals surface area (Å²) in [5, 5.41) is 26.6. The van der Waals surface area contributed by atoms with Crippen LogP contribution in [0.2, 0.25) is 0 Å². The van der Waals surface area contributed by atoms with Crippen molar-refractivity contribution in [2.45, 2.75) is 93.3 Å². The standard InChI is InChI=1S/C23H27N5O.C18H17N5O.C5H12O/c1-6-18(7-2)29-20-14-16(4)25-22-21(26-27(5)23(20)22)19-10-9-17(13-15(19)3)28-12-8-11-24-28;1-11-9-13(23-8-4-7-19-23)5-6-14(11)16-17-18(22(3)21-16)15(24)10-12(2)20-17;1-3-5(6)4-2/h8-14,18H,6-7H2,1-5H3;4-10H,1-3H3,(H,20,24);5-6H,3-4H2,1-2H3. The molecule has 0 amide bonds. The molecule has 0 bridgehead atoms. The summed E-state index contributed by atoms with van der Waals surface area (Å²) in [5.41, 5.74) is 12.9. The minimum Gasteiger partial charge on any atom is -0.488 e. The van der Waals surface area contributed by atoms with Crippen molar-refractivity contribution < 1.29 is 9.84 Å². The summed E-state index contributed by atoms with van der Waals surface area (Å²) in [6.07, 6.45) is 11.2. The predicted octanol–water partition coefficient (Wildman–Crippen LogP) is 8.90. The lowest BCUT2D eigenvalue weighted by molar-refractivity contribution is 0.166. The molecule has 0 fully saturated rings. The number of aromatic nitrogens is 10. The summed E-state index contributed by atoms with van der Waals surface area (Å²) in [7, 11) is 3.75. The first-order chi connectivity index (χ1) is 28.4. The molecule has 2 aromatic carbocycles. The molecule has 6 heterocycles. The lowest BCUT2D eigenvalue weighted by Crippen LogP contribution is -2.14. The van der Waals surface area contributed by atoms with Gasteiger partial charge in [-0.3, -0.25) is 14.2 Å². The molecule has 2 N–H and O–H groups in total.